The van der Waals surface area contributed by atoms with Crippen molar-refractivity contribution in [1.29, 1.82) is 0 Å². The Bertz CT molecular complexity index is 562. The highest BCUT2D eigenvalue weighted by atomic mass is 16.1. The van der Waals surface area contributed by atoms with Crippen molar-refractivity contribution in [2.45, 2.75) is 26.2 Å². The maximum atomic E-state index is 11.1. The fraction of sp³-hybridized carbons (Fsp3) is 0.286. The molecule has 88 valence electrons. The van der Waals surface area contributed by atoms with Crippen molar-refractivity contribution in [3.63, 3.8) is 0 Å². The number of H-pyrrole nitrogens is 1. The normalized spacial score (nSPS) is 11.5. The highest BCUT2D eigenvalue weighted by Crippen LogP contribution is 2.24. The number of nitrogens with one attached hydrogen (secondary N) is 1. The van der Waals surface area contributed by atoms with Crippen LogP contribution in [-0.2, 0) is 5.41 Å². The third kappa shape index (κ3) is 2.61. The van der Waals surface area contributed by atoms with Gasteiger partial charge in [-0.05, 0) is 22.6 Å². The maximum Gasteiger partial charge on any atom is 0.345 e. The minimum absolute atomic E-state index is 0.143. The van der Waals surface area contributed by atoms with E-state index >= 15 is 0 Å². The molecule has 0 fully saturated rings. The molecule has 1 heterocycles. The lowest BCUT2D eigenvalue weighted by Crippen LogP contribution is -2.11. The van der Waals surface area contributed by atoms with E-state index < -0.39 is 0 Å². The summed E-state index contributed by atoms with van der Waals surface area (Å²) in [6.45, 7) is 6.53. The zero-order chi connectivity index (χ0) is 12.5. The molecule has 0 aliphatic rings. The Hall–Kier alpha value is -1.90. The summed E-state index contributed by atoms with van der Waals surface area (Å²) in [6.07, 6.45) is 1.52. The van der Waals surface area contributed by atoms with Gasteiger partial charge in [0.1, 0.15) is 0 Å². The first-order valence-corrected chi connectivity index (χ1v) is 5.63. The van der Waals surface area contributed by atoms with Gasteiger partial charge < -0.3 is 4.98 Å². The monoisotopic (exact) mass is 228 g/mol. The van der Waals surface area contributed by atoms with E-state index in [1.165, 1.54) is 11.8 Å². The first-order valence-electron chi connectivity index (χ1n) is 5.63. The van der Waals surface area contributed by atoms with Crippen LogP contribution in [0.15, 0.2) is 41.3 Å². The topological polar surface area (TPSA) is 45.8 Å². The fourth-order valence-corrected chi connectivity index (χ4v) is 1.69. The van der Waals surface area contributed by atoms with Crippen LogP contribution in [0, 0.1) is 0 Å². The van der Waals surface area contributed by atoms with Gasteiger partial charge in [0, 0.05) is 6.20 Å². The van der Waals surface area contributed by atoms with Crippen LogP contribution in [0.2, 0.25) is 0 Å². The van der Waals surface area contributed by atoms with Crippen LogP contribution in [0.25, 0.3) is 11.3 Å². The van der Waals surface area contributed by atoms with Crippen LogP contribution >= 0.6 is 0 Å². The van der Waals surface area contributed by atoms with Gasteiger partial charge in [0.25, 0.3) is 0 Å². The lowest BCUT2D eigenvalue weighted by Gasteiger charge is -2.19. The number of nitrogens with zero attached hydrogens (tertiary/aromatic N) is 1. The highest BCUT2D eigenvalue weighted by Gasteiger charge is 2.13. The van der Waals surface area contributed by atoms with Crippen molar-refractivity contribution >= 4 is 0 Å². The zero-order valence-corrected chi connectivity index (χ0v) is 10.3. The van der Waals surface area contributed by atoms with Crippen LogP contribution in [0.4, 0.5) is 0 Å². The number of aromatic nitrogens is 2. The molecule has 3 nitrogen and oxygen atoms in total. The molecule has 0 amide bonds. The minimum atomic E-state index is -0.317. The Morgan fingerprint density at radius 2 is 1.71 bits per heavy atom. The average molecular weight is 228 g/mol. The standard InChI is InChI=1S/C14H16N2O/c1-14(2,3)11-6-4-10(5-7-11)12-8-9-15-13(17)16-12/h4-9H,1-3H3,(H,15,16,17). The smallest absolute Gasteiger partial charge is 0.305 e. The molecule has 0 saturated carbocycles. The Morgan fingerprint density at radius 3 is 2.24 bits per heavy atom. The predicted octanol–water partition coefficient (Wildman–Crippen LogP) is 2.73. The molecular formula is C14H16N2O. The molecule has 0 aliphatic heterocycles. The van der Waals surface area contributed by atoms with Crippen molar-refractivity contribution in [3.05, 3.63) is 52.6 Å². The van der Waals surface area contributed by atoms with E-state index in [0.29, 0.717) is 0 Å². The zero-order valence-electron chi connectivity index (χ0n) is 10.3. The van der Waals surface area contributed by atoms with E-state index in [2.05, 4.69) is 42.9 Å². The number of rotatable bonds is 1. The van der Waals surface area contributed by atoms with Gasteiger partial charge in [-0.15, -0.1) is 0 Å². The summed E-state index contributed by atoms with van der Waals surface area (Å²) < 4.78 is 0. The average Bonchev–Trinajstić information content (AvgIpc) is 2.28. The van der Waals surface area contributed by atoms with Crippen LogP contribution < -0.4 is 5.69 Å². The highest BCUT2D eigenvalue weighted by molar-refractivity contribution is 5.58. The molecule has 0 aliphatic carbocycles. The van der Waals surface area contributed by atoms with E-state index in [1.807, 2.05) is 12.1 Å². The Kier molecular flexibility index (Phi) is 2.84. The van der Waals surface area contributed by atoms with Crippen molar-refractivity contribution in [1.82, 2.24) is 9.97 Å². The largest absolute Gasteiger partial charge is 0.345 e. The second-order valence-electron chi connectivity index (χ2n) is 5.12. The third-order valence-electron chi connectivity index (χ3n) is 2.74. The van der Waals surface area contributed by atoms with Gasteiger partial charge in [-0.1, -0.05) is 45.0 Å². The first-order chi connectivity index (χ1) is 7.97. The molecule has 0 radical (unpaired) electrons. The van der Waals surface area contributed by atoms with Crippen LogP contribution in [0.3, 0.4) is 0 Å². The van der Waals surface area contributed by atoms with Crippen molar-refractivity contribution in [2.75, 3.05) is 0 Å². The molecule has 0 unspecified atom stereocenters. The van der Waals surface area contributed by atoms with E-state index in [4.69, 9.17) is 0 Å². The van der Waals surface area contributed by atoms with Crippen molar-refractivity contribution < 1.29 is 0 Å². The van der Waals surface area contributed by atoms with Gasteiger partial charge in [0.05, 0.1) is 5.69 Å². The van der Waals surface area contributed by atoms with Gasteiger partial charge in [-0.3, -0.25) is 0 Å². The summed E-state index contributed by atoms with van der Waals surface area (Å²) in [4.78, 5) is 17.4. The molecule has 17 heavy (non-hydrogen) atoms. The van der Waals surface area contributed by atoms with E-state index in [0.717, 1.165) is 11.3 Å². The van der Waals surface area contributed by atoms with Gasteiger partial charge in [-0.2, -0.15) is 0 Å². The molecule has 0 spiro atoms. The molecule has 1 aromatic heterocycles. The third-order valence-corrected chi connectivity index (χ3v) is 2.74. The number of benzene rings is 1. The summed E-state index contributed by atoms with van der Waals surface area (Å²) in [5.74, 6) is 0. The lowest BCUT2D eigenvalue weighted by molar-refractivity contribution is 0.590. The Balaban J connectivity index is 2.39. The first kappa shape index (κ1) is 11.6. The molecular weight excluding hydrogens is 212 g/mol. The Labute approximate surface area is 101 Å². The number of aromatic amines is 1. The second-order valence-corrected chi connectivity index (χ2v) is 5.12. The lowest BCUT2D eigenvalue weighted by atomic mass is 9.86. The van der Waals surface area contributed by atoms with Gasteiger partial charge >= 0.3 is 5.69 Å². The molecule has 2 aromatic rings. The number of hydrogen-bond donors (Lipinski definition) is 1. The van der Waals surface area contributed by atoms with E-state index in [9.17, 15) is 4.79 Å². The molecule has 3 heteroatoms. The summed E-state index contributed by atoms with van der Waals surface area (Å²) in [5.41, 5.74) is 2.90. The summed E-state index contributed by atoms with van der Waals surface area (Å²) in [6, 6.07) is 10.0. The number of hydrogen-bond acceptors (Lipinski definition) is 2. The molecule has 2 rings (SSSR count). The van der Waals surface area contributed by atoms with Gasteiger partial charge in [-0.25, -0.2) is 9.78 Å². The summed E-state index contributed by atoms with van der Waals surface area (Å²) >= 11 is 0. The van der Waals surface area contributed by atoms with E-state index in [-0.39, 0.29) is 11.1 Å². The van der Waals surface area contributed by atoms with Crippen LogP contribution in [-0.4, -0.2) is 9.97 Å². The molecule has 0 atom stereocenters. The molecule has 1 N–H and O–H groups in total. The van der Waals surface area contributed by atoms with Gasteiger partial charge in [0.15, 0.2) is 0 Å². The van der Waals surface area contributed by atoms with E-state index in [1.54, 1.807) is 6.07 Å². The predicted molar refractivity (Wildman–Crippen MR) is 69.0 cm³/mol. The van der Waals surface area contributed by atoms with Gasteiger partial charge in [0.2, 0.25) is 0 Å². The van der Waals surface area contributed by atoms with Crippen LogP contribution in [0.1, 0.15) is 26.3 Å². The maximum absolute atomic E-state index is 11.1. The minimum Gasteiger partial charge on any atom is -0.305 e. The SMILES string of the molecule is CC(C)(C)c1ccc(-c2ccnc(=O)[nH]2)cc1. The summed E-state index contributed by atoms with van der Waals surface area (Å²) in [5, 5.41) is 0. The van der Waals surface area contributed by atoms with Crippen LogP contribution in [0.5, 0.6) is 0 Å². The second kappa shape index (κ2) is 4.17. The van der Waals surface area contributed by atoms with Crippen molar-refractivity contribution in [3.8, 4) is 11.3 Å². The quantitative estimate of drug-likeness (QED) is 0.815. The summed E-state index contributed by atoms with van der Waals surface area (Å²) in [7, 11) is 0. The molecule has 1 aromatic carbocycles. The molecule has 0 saturated heterocycles. The molecule has 0 bridgehead atoms. The van der Waals surface area contributed by atoms with Crippen molar-refractivity contribution in [2.24, 2.45) is 0 Å². The fourth-order valence-electron chi connectivity index (χ4n) is 1.69. The Morgan fingerprint density at radius 1 is 1.06 bits per heavy atom.